The van der Waals surface area contributed by atoms with Crippen molar-refractivity contribution < 1.29 is 9.47 Å². The Hall–Kier alpha value is -2.96. The number of guanidine groups is 1. The number of nitrogens with zero attached hydrogens (tertiary/aromatic N) is 3. The van der Waals surface area contributed by atoms with Crippen LogP contribution in [0.1, 0.15) is 31.2 Å². The van der Waals surface area contributed by atoms with Crippen molar-refractivity contribution in [2.75, 3.05) is 38.8 Å². The molecule has 1 aliphatic carbocycles. The number of hydrogen-bond acceptors (Lipinski definition) is 5. The second kappa shape index (κ2) is 10.4. The minimum atomic E-state index is 0.334. The molecule has 0 radical (unpaired) electrons. The van der Waals surface area contributed by atoms with Gasteiger partial charge in [-0.05, 0) is 55.4 Å². The van der Waals surface area contributed by atoms with Crippen molar-refractivity contribution in [3.05, 3.63) is 48.2 Å². The molecule has 1 atom stereocenters. The van der Waals surface area contributed by atoms with Gasteiger partial charge in [-0.2, -0.15) is 0 Å². The Kier molecular flexibility index (Phi) is 7.12. The van der Waals surface area contributed by atoms with Gasteiger partial charge in [0.2, 0.25) is 5.88 Å². The first-order valence-electron chi connectivity index (χ1n) is 11.2. The van der Waals surface area contributed by atoms with E-state index in [0.717, 1.165) is 55.7 Å². The fraction of sp³-hybridized carbons (Fsp3) is 0.500. The van der Waals surface area contributed by atoms with Crippen molar-refractivity contribution in [2.45, 2.75) is 38.3 Å². The predicted molar refractivity (Wildman–Crippen MR) is 124 cm³/mol. The van der Waals surface area contributed by atoms with E-state index in [1.54, 1.807) is 7.11 Å². The third kappa shape index (κ3) is 6.26. The number of hydrogen-bond donors (Lipinski definition) is 2. The zero-order chi connectivity index (χ0) is 21.5. The molecule has 2 fully saturated rings. The molecule has 0 spiro atoms. The second-order valence-electron chi connectivity index (χ2n) is 8.31. The largest absolute Gasteiger partial charge is 0.497 e. The van der Waals surface area contributed by atoms with Gasteiger partial charge >= 0.3 is 0 Å². The van der Waals surface area contributed by atoms with Crippen molar-refractivity contribution in [1.29, 1.82) is 0 Å². The van der Waals surface area contributed by atoms with Gasteiger partial charge in [0, 0.05) is 56.7 Å². The Morgan fingerprint density at radius 1 is 1.23 bits per heavy atom. The van der Waals surface area contributed by atoms with E-state index in [1.165, 1.54) is 18.5 Å². The van der Waals surface area contributed by atoms with E-state index in [0.29, 0.717) is 18.5 Å². The molecule has 166 valence electrons. The Balaban J connectivity index is 1.29. The van der Waals surface area contributed by atoms with Gasteiger partial charge in [0.05, 0.1) is 13.7 Å². The van der Waals surface area contributed by atoms with Crippen LogP contribution >= 0.6 is 0 Å². The minimum Gasteiger partial charge on any atom is -0.497 e. The maximum atomic E-state index is 5.80. The highest BCUT2D eigenvalue weighted by Crippen LogP contribution is 2.29. The van der Waals surface area contributed by atoms with Gasteiger partial charge in [-0.1, -0.05) is 6.07 Å². The topological polar surface area (TPSA) is 71.0 Å². The third-order valence-corrected chi connectivity index (χ3v) is 5.83. The number of nitrogens with one attached hydrogen (secondary N) is 2. The lowest BCUT2D eigenvalue weighted by molar-refractivity contribution is 0.288. The lowest BCUT2D eigenvalue weighted by atomic mass is 10.0. The highest BCUT2D eigenvalue weighted by atomic mass is 16.5. The van der Waals surface area contributed by atoms with Gasteiger partial charge in [0.15, 0.2) is 5.96 Å². The number of benzene rings is 1. The van der Waals surface area contributed by atoms with Gasteiger partial charge in [-0.25, -0.2) is 4.98 Å². The summed E-state index contributed by atoms with van der Waals surface area (Å²) in [6.45, 7) is 3.44. The fourth-order valence-corrected chi connectivity index (χ4v) is 3.84. The van der Waals surface area contributed by atoms with Gasteiger partial charge < -0.3 is 25.0 Å². The number of pyridine rings is 1. The van der Waals surface area contributed by atoms with Gasteiger partial charge in [-0.15, -0.1) is 0 Å². The second-order valence-corrected chi connectivity index (χ2v) is 8.31. The number of rotatable bonds is 8. The summed E-state index contributed by atoms with van der Waals surface area (Å²) < 4.78 is 11.2. The monoisotopic (exact) mass is 423 g/mol. The molecular weight excluding hydrogens is 390 g/mol. The summed E-state index contributed by atoms with van der Waals surface area (Å²) in [5, 5.41) is 7.01. The molecular formula is C24H33N5O2. The first-order valence-corrected chi connectivity index (χ1v) is 11.2. The van der Waals surface area contributed by atoms with Crippen molar-refractivity contribution in [1.82, 2.24) is 15.6 Å². The molecule has 31 heavy (non-hydrogen) atoms. The summed E-state index contributed by atoms with van der Waals surface area (Å²) in [6.07, 6.45) is 6.62. The molecule has 2 N–H and O–H groups in total. The SMILES string of the molecule is CN=C(NCc1ccnc(OCC2CC2)c1)NC1CCCN(c2cccc(OC)c2)C1. The highest BCUT2D eigenvalue weighted by Gasteiger charge is 2.22. The van der Waals surface area contributed by atoms with Crippen molar-refractivity contribution in [3.8, 4) is 11.6 Å². The average molecular weight is 424 g/mol. The van der Waals surface area contributed by atoms with Crippen molar-refractivity contribution in [2.24, 2.45) is 10.9 Å². The molecule has 1 aromatic heterocycles. The van der Waals surface area contributed by atoms with Crippen LogP contribution in [0.25, 0.3) is 0 Å². The van der Waals surface area contributed by atoms with Crippen LogP contribution in [0, 0.1) is 5.92 Å². The minimum absolute atomic E-state index is 0.334. The normalized spacial score (nSPS) is 19.1. The lowest BCUT2D eigenvalue weighted by Gasteiger charge is -2.35. The molecule has 1 aromatic carbocycles. The molecule has 1 saturated heterocycles. The molecule has 2 heterocycles. The van der Waals surface area contributed by atoms with Crippen LogP contribution in [0.4, 0.5) is 5.69 Å². The zero-order valence-corrected chi connectivity index (χ0v) is 18.5. The summed E-state index contributed by atoms with van der Waals surface area (Å²) in [6, 6.07) is 12.6. The quantitative estimate of drug-likeness (QED) is 0.502. The van der Waals surface area contributed by atoms with Crippen LogP contribution in [0.3, 0.4) is 0 Å². The van der Waals surface area contributed by atoms with Crippen molar-refractivity contribution in [3.63, 3.8) is 0 Å². The molecule has 1 saturated carbocycles. The van der Waals surface area contributed by atoms with Crippen LogP contribution in [0.15, 0.2) is 47.6 Å². The van der Waals surface area contributed by atoms with Gasteiger partial charge in [-0.3, -0.25) is 4.99 Å². The first kappa shape index (κ1) is 21.3. The predicted octanol–water partition coefficient (Wildman–Crippen LogP) is 3.21. The standard InChI is InChI=1S/C24H33N5O2/c1-25-24(27-15-19-10-11-26-23(13-19)31-17-18-8-9-18)28-20-5-4-12-29(16-20)21-6-3-7-22(14-21)30-2/h3,6-7,10-11,13-14,18,20H,4-5,8-9,12,15-17H2,1-2H3,(H2,25,27,28). The summed E-state index contributed by atoms with van der Waals surface area (Å²) in [4.78, 5) is 11.1. The van der Waals surface area contributed by atoms with E-state index in [1.807, 2.05) is 37.5 Å². The van der Waals surface area contributed by atoms with Crippen LogP contribution in [-0.4, -0.2) is 50.8 Å². The maximum absolute atomic E-state index is 5.80. The van der Waals surface area contributed by atoms with Crippen LogP contribution in [-0.2, 0) is 6.54 Å². The van der Waals surface area contributed by atoms with E-state index in [2.05, 4.69) is 37.6 Å². The molecule has 2 aliphatic rings. The summed E-state index contributed by atoms with van der Waals surface area (Å²) in [5.41, 5.74) is 2.33. The highest BCUT2D eigenvalue weighted by molar-refractivity contribution is 5.80. The Labute approximate surface area is 184 Å². The number of piperidine rings is 1. The van der Waals surface area contributed by atoms with Crippen LogP contribution < -0.4 is 25.0 Å². The number of aromatic nitrogens is 1. The van der Waals surface area contributed by atoms with E-state index in [4.69, 9.17) is 9.47 Å². The Morgan fingerprint density at radius 3 is 2.94 bits per heavy atom. The Morgan fingerprint density at radius 2 is 2.13 bits per heavy atom. The molecule has 7 nitrogen and oxygen atoms in total. The molecule has 1 aliphatic heterocycles. The van der Waals surface area contributed by atoms with E-state index in [9.17, 15) is 0 Å². The van der Waals surface area contributed by atoms with E-state index in [-0.39, 0.29) is 0 Å². The Bertz CT molecular complexity index is 884. The smallest absolute Gasteiger partial charge is 0.213 e. The zero-order valence-electron chi connectivity index (χ0n) is 18.5. The average Bonchev–Trinajstić information content (AvgIpc) is 3.65. The van der Waals surface area contributed by atoms with Crippen LogP contribution in [0.5, 0.6) is 11.6 Å². The number of aliphatic imine (C=N–C) groups is 1. The van der Waals surface area contributed by atoms with Gasteiger partial charge in [0.25, 0.3) is 0 Å². The van der Waals surface area contributed by atoms with E-state index < -0.39 is 0 Å². The first-order chi connectivity index (χ1) is 15.2. The summed E-state index contributed by atoms with van der Waals surface area (Å²) in [5.74, 6) is 3.13. The molecule has 2 aromatic rings. The summed E-state index contributed by atoms with van der Waals surface area (Å²) >= 11 is 0. The summed E-state index contributed by atoms with van der Waals surface area (Å²) in [7, 11) is 3.52. The number of anilines is 1. The number of ether oxygens (including phenoxy) is 2. The molecule has 0 bridgehead atoms. The third-order valence-electron chi connectivity index (χ3n) is 5.83. The maximum Gasteiger partial charge on any atom is 0.213 e. The molecule has 0 amide bonds. The fourth-order valence-electron chi connectivity index (χ4n) is 3.84. The molecule has 7 heteroatoms. The van der Waals surface area contributed by atoms with E-state index >= 15 is 0 Å². The van der Waals surface area contributed by atoms with Crippen LogP contribution in [0.2, 0.25) is 0 Å². The van der Waals surface area contributed by atoms with Gasteiger partial charge in [0.1, 0.15) is 5.75 Å². The number of methoxy groups -OCH3 is 1. The molecule has 4 rings (SSSR count). The molecule has 1 unspecified atom stereocenters. The lowest BCUT2D eigenvalue weighted by Crippen LogP contribution is -2.51. The van der Waals surface area contributed by atoms with Crippen molar-refractivity contribution >= 4 is 11.6 Å².